The zero-order valence-electron chi connectivity index (χ0n) is 11.8. The molecule has 0 unspecified atom stereocenters. The van der Waals surface area contributed by atoms with Gasteiger partial charge in [0.15, 0.2) is 0 Å². The Labute approximate surface area is 121 Å². The lowest BCUT2D eigenvalue weighted by Crippen LogP contribution is -2.55. The summed E-state index contributed by atoms with van der Waals surface area (Å²) < 4.78 is 0. The van der Waals surface area contributed by atoms with E-state index in [1.165, 1.54) is 10.4 Å². The molecule has 0 radical (unpaired) electrons. The van der Waals surface area contributed by atoms with Gasteiger partial charge in [-0.3, -0.25) is 4.79 Å². The lowest BCUT2D eigenvalue weighted by molar-refractivity contribution is -0.137. The summed E-state index contributed by atoms with van der Waals surface area (Å²) in [7, 11) is -1.83. The standard InChI is InChI=1S/C17H20O2Si/c1-20(14-8-13-17(18)19,15-9-4-2-5-10-15)16-11-6-3-7-12-16/h2-7,9-12H,8,13-14H2,1H3,(H,18,19). The second kappa shape index (κ2) is 6.53. The molecule has 2 nitrogen and oxygen atoms in total. The van der Waals surface area contributed by atoms with E-state index in [0.29, 0.717) is 0 Å². The molecule has 0 fully saturated rings. The summed E-state index contributed by atoms with van der Waals surface area (Å²) in [5.41, 5.74) is 0. The first-order valence-corrected chi connectivity index (χ1v) is 9.66. The van der Waals surface area contributed by atoms with E-state index >= 15 is 0 Å². The van der Waals surface area contributed by atoms with Gasteiger partial charge in [-0.1, -0.05) is 77.6 Å². The Kier molecular flexibility index (Phi) is 4.74. The fraction of sp³-hybridized carbons (Fsp3) is 0.235. The first-order chi connectivity index (χ1) is 9.63. The lowest BCUT2D eigenvalue weighted by Gasteiger charge is -2.28. The van der Waals surface area contributed by atoms with Crippen molar-refractivity contribution in [3.8, 4) is 0 Å². The Morgan fingerprint density at radius 1 is 0.950 bits per heavy atom. The summed E-state index contributed by atoms with van der Waals surface area (Å²) in [6.07, 6.45) is 0.990. The Bertz CT molecular complexity index is 512. The highest BCUT2D eigenvalue weighted by atomic mass is 28.3. The number of aliphatic carboxylic acids is 1. The molecular formula is C17H20O2Si. The van der Waals surface area contributed by atoms with Crippen molar-refractivity contribution in [2.75, 3.05) is 0 Å². The summed E-state index contributed by atoms with van der Waals surface area (Å²) in [6.45, 7) is 2.33. The Morgan fingerprint density at radius 2 is 1.40 bits per heavy atom. The molecule has 0 atom stereocenters. The molecule has 0 heterocycles. The van der Waals surface area contributed by atoms with Gasteiger partial charge in [0.25, 0.3) is 0 Å². The van der Waals surface area contributed by atoms with Gasteiger partial charge >= 0.3 is 5.97 Å². The van der Waals surface area contributed by atoms with Crippen molar-refractivity contribution < 1.29 is 9.90 Å². The minimum absolute atomic E-state index is 0.252. The van der Waals surface area contributed by atoms with E-state index in [-0.39, 0.29) is 6.42 Å². The summed E-state index contributed by atoms with van der Waals surface area (Å²) in [4.78, 5) is 10.8. The van der Waals surface area contributed by atoms with Crippen LogP contribution >= 0.6 is 0 Å². The summed E-state index contributed by atoms with van der Waals surface area (Å²) in [6, 6.07) is 22.0. The number of carboxylic acids is 1. The van der Waals surface area contributed by atoms with Gasteiger partial charge in [0.05, 0.1) is 0 Å². The molecule has 0 aliphatic carbocycles. The summed E-state index contributed by atoms with van der Waals surface area (Å²) >= 11 is 0. The zero-order valence-corrected chi connectivity index (χ0v) is 12.8. The van der Waals surface area contributed by atoms with Gasteiger partial charge in [-0.05, 0) is 12.5 Å². The van der Waals surface area contributed by atoms with Crippen LogP contribution in [-0.4, -0.2) is 19.1 Å². The molecule has 0 aliphatic rings. The molecule has 0 aromatic heterocycles. The SMILES string of the molecule is C[Si](CCCC(=O)O)(c1ccccc1)c1ccccc1. The molecule has 0 amide bonds. The molecule has 104 valence electrons. The molecule has 0 bridgehead atoms. The predicted octanol–water partition coefficient (Wildman–Crippen LogP) is 2.74. The van der Waals surface area contributed by atoms with E-state index in [9.17, 15) is 4.79 Å². The smallest absolute Gasteiger partial charge is 0.303 e. The molecule has 20 heavy (non-hydrogen) atoms. The van der Waals surface area contributed by atoms with Crippen LogP contribution in [0.4, 0.5) is 0 Å². The van der Waals surface area contributed by atoms with Gasteiger partial charge in [-0.25, -0.2) is 0 Å². The lowest BCUT2D eigenvalue weighted by atomic mass is 10.3. The van der Waals surface area contributed by atoms with Crippen molar-refractivity contribution in [2.24, 2.45) is 0 Å². The number of carbonyl (C=O) groups is 1. The largest absolute Gasteiger partial charge is 0.481 e. The van der Waals surface area contributed by atoms with E-state index in [0.717, 1.165) is 12.5 Å². The van der Waals surface area contributed by atoms with Crippen molar-refractivity contribution in [2.45, 2.75) is 25.4 Å². The van der Waals surface area contributed by atoms with Gasteiger partial charge < -0.3 is 5.11 Å². The van der Waals surface area contributed by atoms with E-state index in [4.69, 9.17) is 5.11 Å². The topological polar surface area (TPSA) is 37.3 Å². The highest BCUT2D eigenvalue weighted by Gasteiger charge is 2.31. The molecule has 0 spiro atoms. The molecule has 2 aromatic carbocycles. The molecule has 0 saturated heterocycles. The molecule has 3 heteroatoms. The average Bonchev–Trinajstić information content (AvgIpc) is 2.48. The maximum absolute atomic E-state index is 10.8. The normalized spacial score (nSPS) is 11.2. The monoisotopic (exact) mass is 284 g/mol. The fourth-order valence-electron chi connectivity index (χ4n) is 2.66. The van der Waals surface area contributed by atoms with Crippen molar-refractivity contribution in [3.63, 3.8) is 0 Å². The van der Waals surface area contributed by atoms with Crippen LogP contribution in [0.5, 0.6) is 0 Å². The highest BCUT2D eigenvalue weighted by Crippen LogP contribution is 2.15. The van der Waals surface area contributed by atoms with Crippen molar-refractivity contribution >= 4 is 24.4 Å². The van der Waals surface area contributed by atoms with Crippen LogP contribution in [0.15, 0.2) is 60.7 Å². The average molecular weight is 284 g/mol. The molecule has 1 N–H and O–H groups in total. The maximum atomic E-state index is 10.8. The van der Waals surface area contributed by atoms with Crippen LogP contribution in [0.1, 0.15) is 12.8 Å². The van der Waals surface area contributed by atoms with Gasteiger partial charge in [0, 0.05) is 6.42 Å². The predicted molar refractivity (Wildman–Crippen MR) is 85.4 cm³/mol. The van der Waals surface area contributed by atoms with E-state index in [1.807, 2.05) is 12.1 Å². The molecule has 0 saturated carbocycles. The second-order valence-corrected chi connectivity index (χ2v) is 9.63. The van der Waals surface area contributed by atoms with Crippen LogP contribution in [0.3, 0.4) is 0 Å². The van der Waals surface area contributed by atoms with Gasteiger partial charge in [-0.15, -0.1) is 0 Å². The number of rotatable bonds is 6. The molecule has 2 aromatic rings. The van der Waals surface area contributed by atoms with Crippen LogP contribution in [0, 0.1) is 0 Å². The number of hydrogen-bond acceptors (Lipinski definition) is 1. The minimum Gasteiger partial charge on any atom is -0.481 e. The van der Waals surface area contributed by atoms with Crippen LogP contribution in [0.2, 0.25) is 12.6 Å². The second-order valence-electron chi connectivity index (χ2n) is 5.31. The molecule has 2 rings (SSSR count). The molecular weight excluding hydrogens is 264 g/mol. The number of carboxylic acid groups (broad SMARTS) is 1. The van der Waals surface area contributed by atoms with Gasteiger partial charge in [-0.2, -0.15) is 0 Å². The first-order valence-electron chi connectivity index (χ1n) is 6.96. The Morgan fingerprint density at radius 3 is 1.80 bits per heavy atom. The van der Waals surface area contributed by atoms with Crippen molar-refractivity contribution in [3.05, 3.63) is 60.7 Å². The van der Waals surface area contributed by atoms with Crippen LogP contribution < -0.4 is 10.4 Å². The number of hydrogen-bond donors (Lipinski definition) is 1. The summed E-state index contributed by atoms with van der Waals surface area (Å²) in [5, 5.41) is 11.6. The third-order valence-corrected chi connectivity index (χ3v) is 8.46. The third-order valence-electron chi connectivity index (χ3n) is 3.89. The van der Waals surface area contributed by atoms with Crippen molar-refractivity contribution in [1.29, 1.82) is 0 Å². The minimum atomic E-state index is -1.83. The van der Waals surface area contributed by atoms with Crippen LogP contribution in [-0.2, 0) is 4.79 Å². The van der Waals surface area contributed by atoms with Crippen molar-refractivity contribution in [1.82, 2.24) is 0 Å². The third kappa shape index (κ3) is 3.36. The Hall–Kier alpha value is -1.87. The highest BCUT2D eigenvalue weighted by molar-refractivity contribution is 7.01. The maximum Gasteiger partial charge on any atom is 0.303 e. The number of benzene rings is 2. The van der Waals surface area contributed by atoms with Crippen LogP contribution in [0.25, 0.3) is 0 Å². The zero-order chi connectivity index (χ0) is 14.4. The van der Waals surface area contributed by atoms with E-state index in [2.05, 4.69) is 55.1 Å². The quantitative estimate of drug-likeness (QED) is 0.828. The summed E-state index contributed by atoms with van der Waals surface area (Å²) in [5.74, 6) is -0.706. The fourth-order valence-corrected chi connectivity index (χ4v) is 6.31. The van der Waals surface area contributed by atoms with E-state index < -0.39 is 14.0 Å². The van der Waals surface area contributed by atoms with Gasteiger partial charge in [0.2, 0.25) is 0 Å². The Balaban J connectivity index is 2.31. The molecule has 0 aliphatic heterocycles. The van der Waals surface area contributed by atoms with E-state index in [1.54, 1.807) is 0 Å². The first kappa shape index (κ1) is 14.5. The van der Waals surface area contributed by atoms with Gasteiger partial charge in [0.1, 0.15) is 8.07 Å².